The van der Waals surface area contributed by atoms with Gasteiger partial charge in [-0.25, -0.2) is 4.98 Å². The maximum atomic E-state index is 12.8. The summed E-state index contributed by atoms with van der Waals surface area (Å²) < 4.78 is 1.10. The molecular formula is C21H18N2OS3. The van der Waals surface area contributed by atoms with Gasteiger partial charge in [0.2, 0.25) is 0 Å². The molecule has 0 unspecified atom stereocenters. The van der Waals surface area contributed by atoms with Crippen LogP contribution >= 0.6 is 34.4 Å². The Morgan fingerprint density at radius 2 is 2.04 bits per heavy atom. The molecule has 6 heteroatoms. The van der Waals surface area contributed by atoms with Gasteiger partial charge in [-0.15, -0.1) is 23.1 Å². The summed E-state index contributed by atoms with van der Waals surface area (Å²) in [4.78, 5) is 19.7. The summed E-state index contributed by atoms with van der Waals surface area (Å²) in [5, 5.41) is 5.69. The highest BCUT2D eigenvalue weighted by Gasteiger charge is 2.14. The van der Waals surface area contributed by atoms with E-state index in [2.05, 4.69) is 46.9 Å². The van der Waals surface area contributed by atoms with Gasteiger partial charge in [0.05, 0.1) is 15.8 Å². The van der Waals surface area contributed by atoms with Crippen LogP contribution in [0.3, 0.4) is 0 Å². The zero-order valence-electron chi connectivity index (χ0n) is 14.8. The van der Waals surface area contributed by atoms with Crippen molar-refractivity contribution in [3.05, 3.63) is 76.0 Å². The average molecular weight is 411 g/mol. The largest absolute Gasteiger partial charge is 0.298 e. The van der Waals surface area contributed by atoms with Gasteiger partial charge in [-0.1, -0.05) is 42.5 Å². The number of thioether (sulfide) groups is 1. The summed E-state index contributed by atoms with van der Waals surface area (Å²) in [5.41, 5.74) is 2.89. The number of hydrogen-bond donors (Lipinski definition) is 1. The number of carbonyl (C=O) groups is 1. The summed E-state index contributed by atoms with van der Waals surface area (Å²) in [6.07, 6.45) is 0.990. The summed E-state index contributed by atoms with van der Waals surface area (Å²) in [7, 11) is 0. The van der Waals surface area contributed by atoms with Gasteiger partial charge in [-0.3, -0.25) is 10.1 Å². The third kappa shape index (κ3) is 4.24. The second-order valence-electron chi connectivity index (χ2n) is 5.99. The van der Waals surface area contributed by atoms with Gasteiger partial charge in [-0.05, 0) is 47.7 Å². The van der Waals surface area contributed by atoms with Crippen LogP contribution in [0.25, 0.3) is 10.2 Å². The number of nitrogens with zero attached hydrogens (tertiary/aromatic N) is 1. The quantitative estimate of drug-likeness (QED) is 0.371. The number of rotatable bonds is 6. The first kappa shape index (κ1) is 18.2. The number of hydrogen-bond acceptors (Lipinski definition) is 5. The first-order valence-corrected chi connectivity index (χ1v) is 11.4. The van der Waals surface area contributed by atoms with E-state index in [1.807, 2.05) is 30.3 Å². The number of benzene rings is 2. The number of thiazole rings is 1. The van der Waals surface area contributed by atoms with Gasteiger partial charge in [0, 0.05) is 15.5 Å². The second kappa shape index (κ2) is 8.25. The van der Waals surface area contributed by atoms with Crippen LogP contribution in [-0.2, 0) is 12.2 Å². The molecule has 4 rings (SSSR count). The lowest BCUT2D eigenvalue weighted by atomic mass is 10.2. The van der Waals surface area contributed by atoms with Crippen molar-refractivity contribution in [1.29, 1.82) is 0 Å². The van der Waals surface area contributed by atoms with Gasteiger partial charge in [0.1, 0.15) is 0 Å². The number of thiophene rings is 1. The number of aromatic nitrogens is 1. The standard InChI is InChI=1S/C21H18N2OS3/c1-2-14-9-10-17-19(12-14)27-21(22-17)23-20(24)16-7-3-4-8-18(16)26-13-15-6-5-11-25-15/h3-12H,2,13H2,1H3,(H,22,23,24). The Bertz CT molecular complexity index is 1070. The molecular weight excluding hydrogens is 392 g/mol. The maximum absolute atomic E-state index is 12.8. The van der Waals surface area contributed by atoms with Crippen molar-refractivity contribution >= 4 is 55.7 Å². The SMILES string of the molecule is CCc1ccc2nc(NC(=O)c3ccccc3SCc3cccs3)sc2c1. The minimum atomic E-state index is -0.112. The van der Waals surface area contributed by atoms with E-state index in [-0.39, 0.29) is 5.91 Å². The maximum Gasteiger partial charge on any atom is 0.258 e. The van der Waals surface area contributed by atoms with Crippen molar-refractivity contribution < 1.29 is 4.79 Å². The molecule has 0 saturated carbocycles. The van der Waals surface area contributed by atoms with Crippen molar-refractivity contribution in [2.24, 2.45) is 0 Å². The van der Waals surface area contributed by atoms with Crippen LogP contribution < -0.4 is 5.32 Å². The molecule has 27 heavy (non-hydrogen) atoms. The Balaban J connectivity index is 1.52. The Kier molecular flexibility index (Phi) is 5.57. The van der Waals surface area contributed by atoms with Gasteiger partial charge in [0.25, 0.3) is 5.91 Å². The Morgan fingerprint density at radius 1 is 1.15 bits per heavy atom. The van der Waals surface area contributed by atoms with E-state index in [0.29, 0.717) is 10.7 Å². The monoisotopic (exact) mass is 410 g/mol. The molecule has 0 atom stereocenters. The molecule has 2 aromatic carbocycles. The average Bonchev–Trinajstić information content (AvgIpc) is 3.35. The van der Waals surface area contributed by atoms with Crippen LogP contribution in [0.2, 0.25) is 0 Å². The lowest BCUT2D eigenvalue weighted by Crippen LogP contribution is -2.12. The zero-order valence-corrected chi connectivity index (χ0v) is 17.2. The number of nitrogens with one attached hydrogen (secondary N) is 1. The highest BCUT2D eigenvalue weighted by Crippen LogP contribution is 2.30. The summed E-state index contributed by atoms with van der Waals surface area (Å²) in [6.45, 7) is 2.13. The van der Waals surface area contributed by atoms with Crippen LogP contribution in [0.1, 0.15) is 27.7 Å². The summed E-state index contributed by atoms with van der Waals surface area (Å²) >= 11 is 4.94. The lowest BCUT2D eigenvalue weighted by molar-refractivity contribution is 0.102. The second-order valence-corrected chi connectivity index (χ2v) is 9.07. The van der Waals surface area contributed by atoms with E-state index in [4.69, 9.17) is 0 Å². The van der Waals surface area contributed by atoms with E-state index in [0.717, 1.165) is 27.3 Å². The summed E-state index contributed by atoms with van der Waals surface area (Å²) in [6, 6.07) is 18.2. The van der Waals surface area contributed by atoms with Crippen LogP contribution in [0.15, 0.2) is 64.9 Å². The van der Waals surface area contributed by atoms with Gasteiger partial charge >= 0.3 is 0 Å². The zero-order chi connectivity index (χ0) is 18.6. The first-order chi connectivity index (χ1) is 13.2. The number of carbonyl (C=O) groups excluding carboxylic acids is 1. The van der Waals surface area contributed by atoms with Gasteiger partial charge < -0.3 is 0 Å². The van der Waals surface area contributed by atoms with E-state index in [1.165, 1.54) is 21.8 Å². The molecule has 1 amide bonds. The van der Waals surface area contributed by atoms with Crippen molar-refractivity contribution in [2.45, 2.75) is 24.0 Å². The fourth-order valence-electron chi connectivity index (χ4n) is 2.73. The third-order valence-electron chi connectivity index (χ3n) is 4.16. The third-order valence-corrected chi connectivity index (χ3v) is 7.28. The van der Waals surface area contributed by atoms with Crippen LogP contribution in [-0.4, -0.2) is 10.9 Å². The predicted octanol–water partition coefficient (Wildman–Crippen LogP) is 6.46. The predicted molar refractivity (Wildman–Crippen MR) is 117 cm³/mol. The van der Waals surface area contributed by atoms with Crippen LogP contribution in [0.5, 0.6) is 0 Å². The molecule has 4 aromatic rings. The van der Waals surface area contributed by atoms with Gasteiger partial charge in [0.15, 0.2) is 5.13 Å². The fraction of sp³-hybridized carbons (Fsp3) is 0.143. The molecule has 136 valence electrons. The highest BCUT2D eigenvalue weighted by molar-refractivity contribution is 7.98. The number of aryl methyl sites for hydroxylation is 1. The van der Waals surface area contributed by atoms with E-state index in [1.54, 1.807) is 23.1 Å². The molecule has 0 radical (unpaired) electrons. The van der Waals surface area contributed by atoms with Crippen LogP contribution in [0, 0.1) is 0 Å². The first-order valence-electron chi connectivity index (χ1n) is 8.68. The molecule has 2 aromatic heterocycles. The number of anilines is 1. The molecule has 2 heterocycles. The number of amides is 1. The molecule has 0 fully saturated rings. The molecule has 0 saturated heterocycles. The van der Waals surface area contributed by atoms with E-state index in [9.17, 15) is 4.79 Å². The summed E-state index contributed by atoms with van der Waals surface area (Å²) in [5.74, 6) is 0.752. The van der Waals surface area contributed by atoms with E-state index < -0.39 is 0 Å². The molecule has 0 spiro atoms. The minimum absolute atomic E-state index is 0.112. The molecule has 0 aliphatic heterocycles. The Hall–Kier alpha value is -2.15. The van der Waals surface area contributed by atoms with E-state index >= 15 is 0 Å². The van der Waals surface area contributed by atoms with Crippen molar-refractivity contribution in [2.75, 3.05) is 5.32 Å². The molecule has 1 N–H and O–H groups in total. The smallest absolute Gasteiger partial charge is 0.258 e. The van der Waals surface area contributed by atoms with Crippen LogP contribution in [0.4, 0.5) is 5.13 Å². The molecule has 0 aliphatic carbocycles. The van der Waals surface area contributed by atoms with Crippen molar-refractivity contribution in [3.8, 4) is 0 Å². The fourth-order valence-corrected chi connectivity index (χ4v) is 5.48. The molecule has 0 bridgehead atoms. The number of fused-ring (bicyclic) bond motifs is 1. The minimum Gasteiger partial charge on any atom is -0.298 e. The topological polar surface area (TPSA) is 42.0 Å². The Labute approximate surface area is 170 Å². The molecule has 0 aliphatic rings. The normalized spacial score (nSPS) is 11.0. The van der Waals surface area contributed by atoms with Crippen molar-refractivity contribution in [1.82, 2.24) is 4.98 Å². The Morgan fingerprint density at radius 3 is 2.85 bits per heavy atom. The highest BCUT2D eigenvalue weighted by atomic mass is 32.2. The molecule has 3 nitrogen and oxygen atoms in total. The van der Waals surface area contributed by atoms with Crippen molar-refractivity contribution in [3.63, 3.8) is 0 Å². The lowest BCUT2D eigenvalue weighted by Gasteiger charge is -2.08. The van der Waals surface area contributed by atoms with Gasteiger partial charge in [-0.2, -0.15) is 0 Å².